The molecule has 1 aliphatic carbocycles. The van der Waals surface area contributed by atoms with Crippen molar-refractivity contribution in [3.05, 3.63) is 30.1 Å². The molecule has 0 saturated heterocycles. The molecule has 116 valence electrons. The highest BCUT2D eigenvalue weighted by Gasteiger charge is 2.31. The van der Waals surface area contributed by atoms with Gasteiger partial charge in [-0.2, -0.15) is 0 Å². The third-order valence-corrected chi connectivity index (χ3v) is 4.01. The van der Waals surface area contributed by atoms with Gasteiger partial charge in [0, 0.05) is 7.05 Å². The first kappa shape index (κ1) is 15.8. The number of aliphatic hydroxyl groups excluding tert-OH is 1. The summed E-state index contributed by atoms with van der Waals surface area (Å²) in [5, 5.41) is 10.0. The molecule has 4 nitrogen and oxygen atoms in total. The van der Waals surface area contributed by atoms with Crippen LogP contribution in [-0.2, 0) is 4.79 Å². The predicted octanol–water partition coefficient (Wildman–Crippen LogP) is 2.35. The van der Waals surface area contributed by atoms with Crippen LogP contribution in [0.3, 0.4) is 0 Å². The summed E-state index contributed by atoms with van der Waals surface area (Å²) in [4.78, 5) is 14.0. The van der Waals surface area contributed by atoms with Crippen LogP contribution in [-0.4, -0.2) is 41.2 Å². The summed E-state index contributed by atoms with van der Waals surface area (Å²) < 4.78 is 18.4. The van der Waals surface area contributed by atoms with Crippen LogP contribution < -0.4 is 4.74 Å². The molecule has 0 heterocycles. The van der Waals surface area contributed by atoms with Crippen molar-refractivity contribution in [2.24, 2.45) is 0 Å². The minimum Gasteiger partial charge on any atom is -0.481 e. The van der Waals surface area contributed by atoms with Gasteiger partial charge in [-0.25, -0.2) is 4.39 Å². The van der Waals surface area contributed by atoms with E-state index in [0.717, 1.165) is 25.7 Å². The second-order valence-corrected chi connectivity index (χ2v) is 5.58. The van der Waals surface area contributed by atoms with Crippen LogP contribution in [0.5, 0.6) is 5.75 Å². The average Bonchev–Trinajstić information content (AvgIpc) is 2.48. The molecule has 0 spiro atoms. The predicted molar refractivity (Wildman–Crippen MR) is 77.5 cm³/mol. The molecule has 0 aliphatic heterocycles. The summed E-state index contributed by atoms with van der Waals surface area (Å²) in [6.07, 6.45) is 2.43. The number of rotatable bonds is 4. The van der Waals surface area contributed by atoms with E-state index in [1.807, 2.05) is 0 Å². The molecule has 0 unspecified atom stereocenters. The van der Waals surface area contributed by atoms with E-state index in [1.165, 1.54) is 24.3 Å². The van der Waals surface area contributed by atoms with Gasteiger partial charge in [0.25, 0.3) is 5.91 Å². The summed E-state index contributed by atoms with van der Waals surface area (Å²) in [6, 6.07) is 5.43. The Bertz CT molecular complexity index is 477. The minimum absolute atomic E-state index is 0.148. The van der Waals surface area contributed by atoms with Gasteiger partial charge in [0.1, 0.15) is 11.6 Å². The van der Waals surface area contributed by atoms with E-state index in [1.54, 1.807) is 18.9 Å². The standard InChI is InChI=1S/C16H22FNO3/c1-11(21-13-9-7-12(17)8-10-13)16(20)18(2)14-5-3-4-6-15(14)19/h7-11,14-15,19H,3-6H2,1-2H3/t11-,14+,15+/m0/s1. The van der Waals surface area contributed by atoms with Crippen molar-refractivity contribution in [1.29, 1.82) is 0 Å². The van der Waals surface area contributed by atoms with Gasteiger partial charge in [-0.15, -0.1) is 0 Å². The van der Waals surface area contributed by atoms with E-state index in [9.17, 15) is 14.3 Å². The molecule has 1 saturated carbocycles. The maximum absolute atomic E-state index is 12.8. The van der Waals surface area contributed by atoms with E-state index in [-0.39, 0.29) is 17.8 Å². The van der Waals surface area contributed by atoms with Gasteiger partial charge in [0.15, 0.2) is 6.10 Å². The van der Waals surface area contributed by atoms with Crippen LogP contribution in [0.25, 0.3) is 0 Å². The van der Waals surface area contributed by atoms with Gasteiger partial charge in [-0.3, -0.25) is 4.79 Å². The van der Waals surface area contributed by atoms with Gasteiger partial charge in [-0.05, 0) is 44.0 Å². The van der Waals surface area contributed by atoms with Crippen LogP contribution in [0, 0.1) is 5.82 Å². The minimum atomic E-state index is -0.672. The third-order valence-electron chi connectivity index (χ3n) is 4.01. The molecule has 2 rings (SSSR count). The fourth-order valence-electron chi connectivity index (χ4n) is 2.76. The number of benzene rings is 1. The molecular weight excluding hydrogens is 273 g/mol. The summed E-state index contributed by atoms with van der Waals surface area (Å²) in [5.41, 5.74) is 0. The first-order valence-electron chi connectivity index (χ1n) is 7.36. The zero-order valence-electron chi connectivity index (χ0n) is 12.5. The summed E-state index contributed by atoms with van der Waals surface area (Å²) in [6.45, 7) is 1.66. The number of halogens is 1. The molecule has 1 N–H and O–H groups in total. The fourth-order valence-corrected chi connectivity index (χ4v) is 2.76. The quantitative estimate of drug-likeness (QED) is 0.927. The summed E-state index contributed by atoms with van der Waals surface area (Å²) in [7, 11) is 1.70. The maximum atomic E-state index is 12.8. The second kappa shape index (κ2) is 6.89. The molecule has 21 heavy (non-hydrogen) atoms. The molecule has 1 amide bonds. The molecular formula is C16H22FNO3. The lowest BCUT2D eigenvalue weighted by Crippen LogP contribution is -2.50. The van der Waals surface area contributed by atoms with E-state index in [0.29, 0.717) is 5.75 Å². The highest BCUT2D eigenvalue weighted by Crippen LogP contribution is 2.23. The van der Waals surface area contributed by atoms with Crippen molar-refractivity contribution in [2.75, 3.05) is 7.05 Å². The molecule has 0 aromatic heterocycles. The van der Waals surface area contributed by atoms with E-state index in [4.69, 9.17) is 4.74 Å². The molecule has 0 bridgehead atoms. The number of ether oxygens (including phenoxy) is 1. The number of aliphatic hydroxyl groups is 1. The monoisotopic (exact) mass is 295 g/mol. The number of amides is 1. The Hall–Kier alpha value is -1.62. The second-order valence-electron chi connectivity index (χ2n) is 5.58. The largest absolute Gasteiger partial charge is 0.481 e. The molecule has 0 radical (unpaired) electrons. The van der Waals surface area contributed by atoms with Gasteiger partial charge in [0.05, 0.1) is 12.1 Å². The summed E-state index contributed by atoms with van der Waals surface area (Å²) in [5.74, 6) is -0.0658. The van der Waals surface area contributed by atoms with Crippen molar-refractivity contribution in [3.63, 3.8) is 0 Å². The Labute approximate surface area is 124 Å². The fraction of sp³-hybridized carbons (Fsp3) is 0.562. The van der Waals surface area contributed by atoms with Crippen LogP contribution in [0.4, 0.5) is 4.39 Å². The van der Waals surface area contributed by atoms with E-state index in [2.05, 4.69) is 0 Å². The van der Waals surface area contributed by atoms with Gasteiger partial charge in [-0.1, -0.05) is 12.8 Å². The number of carbonyl (C=O) groups is 1. The molecule has 1 aromatic rings. The first-order valence-corrected chi connectivity index (χ1v) is 7.36. The van der Waals surface area contributed by atoms with E-state index >= 15 is 0 Å². The number of nitrogens with zero attached hydrogens (tertiary/aromatic N) is 1. The van der Waals surface area contributed by atoms with Crippen LogP contribution in [0.2, 0.25) is 0 Å². The van der Waals surface area contributed by atoms with E-state index < -0.39 is 12.2 Å². The Morgan fingerprint density at radius 2 is 1.95 bits per heavy atom. The lowest BCUT2D eigenvalue weighted by Gasteiger charge is -2.36. The van der Waals surface area contributed by atoms with Crippen molar-refractivity contribution in [2.45, 2.75) is 50.9 Å². The van der Waals surface area contributed by atoms with Crippen molar-refractivity contribution < 1.29 is 19.0 Å². The van der Waals surface area contributed by atoms with Crippen molar-refractivity contribution in [1.82, 2.24) is 4.90 Å². The van der Waals surface area contributed by atoms with Crippen molar-refractivity contribution >= 4 is 5.91 Å². The van der Waals surface area contributed by atoms with Crippen LogP contribution in [0.1, 0.15) is 32.6 Å². The van der Waals surface area contributed by atoms with Crippen LogP contribution >= 0.6 is 0 Å². The van der Waals surface area contributed by atoms with Crippen LogP contribution in [0.15, 0.2) is 24.3 Å². The highest BCUT2D eigenvalue weighted by molar-refractivity contribution is 5.81. The SMILES string of the molecule is C[C@H](Oc1ccc(F)cc1)C(=O)N(C)[C@@H]1CCCC[C@H]1O. The Balaban J connectivity index is 1.96. The summed E-state index contributed by atoms with van der Waals surface area (Å²) >= 11 is 0. The lowest BCUT2D eigenvalue weighted by molar-refractivity contribution is -0.142. The molecule has 1 fully saturated rings. The average molecular weight is 295 g/mol. The first-order chi connectivity index (χ1) is 9.99. The lowest BCUT2D eigenvalue weighted by atomic mass is 9.91. The number of hydrogen-bond donors (Lipinski definition) is 1. The molecule has 3 atom stereocenters. The van der Waals surface area contributed by atoms with Crippen molar-refractivity contribution in [3.8, 4) is 5.75 Å². The number of carbonyl (C=O) groups excluding carboxylic acids is 1. The van der Waals surface area contributed by atoms with Gasteiger partial charge >= 0.3 is 0 Å². The third kappa shape index (κ3) is 3.94. The zero-order chi connectivity index (χ0) is 15.4. The van der Waals surface area contributed by atoms with Gasteiger partial charge < -0.3 is 14.7 Å². The Morgan fingerprint density at radius 3 is 2.57 bits per heavy atom. The molecule has 1 aliphatic rings. The Morgan fingerprint density at radius 1 is 1.33 bits per heavy atom. The highest BCUT2D eigenvalue weighted by atomic mass is 19.1. The van der Waals surface area contributed by atoms with Gasteiger partial charge in [0.2, 0.25) is 0 Å². The smallest absolute Gasteiger partial charge is 0.263 e. The topological polar surface area (TPSA) is 49.8 Å². The molecule has 1 aromatic carbocycles. The number of likely N-dealkylation sites (N-methyl/N-ethyl adjacent to an activating group) is 1. The maximum Gasteiger partial charge on any atom is 0.263 e. The normalized spacial score (nSPS) is 23.4. The zero-order valence-corrected chi connectivity index (χ0v) is 12.5. The molecule has 5 heteroatoms. The number of hydrogen-bond acceptors (Lipinski definition) is 3. The Kier molecular flexibility index (Phi) is 5.17.